The SMILES string of the molecule is CC1CC[C@@H]2CN1C(=O)N2OCc1ccccc1. The van der Waals surface area contributed by atoms with Crippen LogP contribution in [0.3, 0.4) is 0 Å². The molecule has 96 valence electrons. The Hall–Kier alpha value is -1.55. The zero-order chi connectivity index (χ0) is 12.5. The normalized spacial score (nSPS) is 26.8. The Bertz CT molecular complexity index is 435. The molecule has 2 saturated heterocycles. The summed E-state index contributed by atoms with van der Waals surface area (Å²) in [4.78, 5) is 19.8. The van der Waals surface area contributed by atoms with Crippen LogP contribution in [-0.4, -0.2) is 34.6 Å². The zero-order valence-corrected chi connectivity index (χ0v) is 10.6. The van der Waals surface area contributed by atoms with Crippen molar-refractivity contribution in [1.82, 2.24) is 9.96 Å². The molecule has 2 amide bonds. The van der Waals surface area contributed by atoms with Gasteiger partial charge >= 0.3 is 6.03 Å². The van der Waals surface area contributed by atoms with Crippen LogP contribution in [0.4, 0.5) is 4.79 Å². The van der Waals surface area contributed by atoms with Crippen molar-refractivity contribution >= 4 is 6.03 Å². The number of nitrogens with zero attached hydrogens (tertiary/aromatic N) is 2. The molecule has 0 saturated carbocycles. The predicted molar refractivity (Wildman–Crippen MR) is 67.7 cm³/mol. The van der Waals surface area contributed by atoms with Crippen molar-refractivity contribution in [3.05, 3.63) is 35.9 Å². The Morgan fingerprint density at radius 1 is 1.28 bits per heavy atom. The number of carbonyl (C=O) groups excluding carboxylic acids is 1. The molecular formula is C14H18N2O2. The van der Waals surface area contributed by atoms with Crippen molar-refractivity contribution in [3.8, 4) is 0 Å². The first-order chi connectivity index (χ1) is 8.75. The Morgan fingerprint density at radius 2 is 2.06 bits per heavy atom. The van der Waals surface area contributed by atoms with E-state index in [9.17, 15) is 4.79 Å². The molecular weight excluding hydrogens is 228 g/mol. The van der Waals surface area contributed by atoms with Crippen LogP contribution in [0.5, 0.6) is 0 Å². The van der Waals surface area contributed by atoms with Crippen LogP contribution in [0.1, 0.15) is 25.3 Å². The van der Waals surface area contributed by atoms with Crippen molar-refractivity contribution < 1.29 is 9.63 Å². The van der Waals surface area contributed by atoms with E-state index in [1.807, 2.05) is 35.2 Å². The molecule has 2 heterocycles. The van der Waals surface area contributed by atoms with Crippen LogP contribution in [0.15, 0.2) is 30.3 Å². The lowest BCUT2D eigenvalue weighted by Crippen LogP contribution is -2.37. The van der Waals surface area contributed by atoms with E-state index in [2.05, 4.69) is 6.92 Å². The van der Waals surface area contributed by atoms with Gasteiger partial charge in [-0.1, -0.05) is 30.3 Å². The first-order valence-electron chi connectivity index (χ1n) is 6.52. The second kappa shape index (κ2) is 4.61. The summed E-state index contributed by atoms with van der Waals surface area (Å²) in [5, 5.41) is 1.58. The molecule has 0 radical (unpaired) electrons. The Balaban J connectivity index is 1.65. The van der Waals surface area contributed by atoms with Gasteiger partial charge < -0.3 is 4.90 Å². The van der Waals surface area contributed by atoms with Gasteiger partial charge in [-0.2, -0.15) is 5.06 Å². The molecule has 4 heteroatoms. The highest BCUT2D eigenvalue weighted by atomic mass is 16.7. The fourth-order valence-corrected chi connectivity index (χ4v) is 2.71. The minimum absolute atomic E-state index is 0.0286. The van der Waals surface area contributed by atoms with Crippen LogP contribution in [0, 0.1) is 0 Å². The Labute approximate surface area is 107 Å². The van der Waals surface area contributed by atoms with Crippen molar-refractivity contribution in [2.75, 3.05) is 6.54 Å². The molecule has 2 fully saturated rings. The summed E-state index contributed by atoms with van der Waals surface area (Å²) in [5.74, 6) is 0. The molecule has 3 rings (SSSR count). The van der Waals surface area contributed by atoms with Crippen LogP contribution < -0.4 is 0 Å². The van der Waals surface area contributed by atoms with Crippen LogP contribution in [-0.2, 0) is 11.4 Å². The summed E-state index contributed by atoms with van der Waals surface area (Å²) >= 11 is 0. The van der Waals surface area contributed by atoms with E-state index in [0.717, 1.165) is 24.9 Å². The van der Waals surface area contributed by atoms with Gasteiger partial charge in [-0.15, -0.1) is 0 Å². The summed E-state index contributed by atoms with van der Waals surface area (Å²) in [7, 11) is 0. The van der Waals surface area contributed by atoms with Crippen LogP contribution >= 0.6 is 0 Å². The number of hydroxylamine groups is 2. The Morgan fingerprint density at radius 3 is 2.78 bits per heavy atom. The predicted octanol–water partition coefficient (Wildman–Crippen LogP) is 2.41. The minimum Gasteiger partial charge on any atom is -0.318 e. The maximum atomic E-state index is 12.1. The average Bonchev–Trinajstić information content (AvgIpc) is 2.67. The number of hydrogen-bond acceptors (Lipinski definition) is 2. The van der Waals surface area contributed by atoms with Gasteiger partial charge in [0.05, 0.1) is 6.04 Å². The number of urea groups is 1. The third-order valence-electron chi connectivity index (χ3n) is 3.84. The maximum absolute atomic E-state index is 12.1. The summed E-state index contributed by atoms with van der Waals surface area (Å²) in [6.07, 6.45) is 2.11. The molecule has 2 bridgehead atoms. The maximum Gasteiger partial charge on any atom is 0.344 e. The minimum atomic E-state index is 0.0286. The molecule has 0 spiro atoms. The van der Waals surface area contributed by atoms with Crippen molar-refractivity contribution in [2.45, 2.75) is 38.5 Å². The van der Waals surface area contributed by atoms with E-state index in [4.69, 9.17) is 4.84 Å². The van der Waals surface area contributed by atoms with Gasteiger partial charge in [-0.25, -0.2) is 4.79 Å². The molecule has 2 atom stereocenters. The van der Waals surface area contributed by atoms with E-state index >= 15 is 0 Å². The van der Waals surface area contributed by atoms with Crippen molar-refractivity contribution in [2.24, 2.45) is 0 Å². The molecule has 1 aromatic carbocycles. The third-order valence-corrected chi connectivity index (χ3v) is 3.84. The van der Waals surface area contributed by atoms with Gasteiger partial charge in [-0.05, 0) is 25.3 Å². The lowest BCUT2D eigenvalue weighted by atomic mass is 10.0. The fourth-order valence-electron chi connectivity index (χ4n) is 2.71. The van der Waals surface area contributed by atoms with Gasteiger partial charge in [0.15, 0.2) is 0 Å². The van der Waals surface area contributed by atoms with E-state index in [-0.39, 0.29) is 12.1 Å². The number of fused-ring (bicyclic) bond motifs is 2. The van der Waals surface area contributed by atoms with Crippen LogP contribution in [0.2, 0.25) is 0 Å². The molecule has 0 aliphatic carbocycles. The number of amides is 2. The molecule has 2 aliphatic heterocycles. The van der Waals surface area contributed by atoms with E-state index in [0.29, 0.717) is 12.6 Å². The van der Waals surface area contributed by atoms with Gasteiger partial charge in [0.1, 0.15) is 6.61 Å². The highest BCUT2D eigenvalue weighted by Crippen LogP contribution is 2.29. The van der Waals surface area contributed by atoms with Gasteiger partial charge in [-0.3, -0.25) is 4.84 Å². The quantitative estimate of drug-likeness (QED) is 0.820. The number of benzene rings is 1. The van der Waals surface area contributed by atoms with Crippen molar-refractivity contribution in [1.29, 1.82) is 0 Å². The molecule has 1 aromatic rings. The van der Waals surface area contributed by atoms with Gasteiger partial charge in [0.25, 0.3) is 0 Å². The largest absolute Gasteiger partial charge is 0.344 e. The fraction of sp³-hybridized carbons (Fsp3) is 0.500. The topological polar surface area (TPSA) is 32.8 Å². The number of rotatable bonds is 3. The summed E-state index contributed by atoms with van der Waals surface area (Å²) < 4.78 is 0. The smallest absolute Gasteiger partial charge is 0.318 e. The third kappa shape index (κ3) is 1.97. The van der Waals surface area contributed by atoms with E-state index in [1.54, 1.807) is 5.06 Å². The second-order valence-corrected chi connectivity index (χ2v) is 5.10. The molecule has 1 unspecified atom stereocenters. The molecule has 0 N–H and O–H groups in total. The van der Waals surface area contributed by atoms with E-state index < -0.39 is 0 Å². The lowest BCUT2D eigenvalue weighted by molar-refractivity contribution is -0.140. The van der Waals surface area contributed by atoms with Crippen molar-refractivity contribution in [3.63, 3.8) is 0 Å². The monoisotopic (exact) mass is 246 g/mol. The summed E-state index contributed by atoms with van der Waals surface area (Å²) in [6, 6.07) is 10.6. The summed E-state index contributed by atoms with van der Waals surface area (Å²) in [5.41, 5.74) is 1.09. The molecule has 2 aliphatic rings. The number of carbonyl (C=O) groups is 1. The first-order valence-corrected chi connectivity index (χ1v) is 6.52. The average molecular weight is 246 g/mol. The second-order valence-electron chi connectivity index (χ2n) is 5.10. The standard InChI is InChI=1S/C14H18N2O2/c1-11-7-8-13-9-15(11)14(17)16(13)18-10-12-5-3-2-4-6-12/h2-6,11,13H,7-10H2,1H3/t11?,13-/m1/s1. The van der Waals surface area contributed by atoms with Gasteiger partial charge in [0.2, 0.25) is 0 Å². The Kier molecular flexibility index (Phi) is 2.96. The zero-order valence-electron chi connectivity index (χ0n) is 10.6. The van der Waals surface area contributed by atoms with Crippen LogP contribution in [0.25, 0.3) is 0 Å². The van der Waals surface area contributed by atoms with E-state index in [1.165, 1.54) is 0 Å². The highest BCUT2D eigenvalue weighted by molar-refractivity contribution is 5.76. The number of hydrogen-bond donors (Lipinski definition) is 0. The molecule has 4 nitrogen and oxygen atoms in total. The van der Waals surface area contributed by atoms with Gasteiger partial charge in [0, 0.05) is 12.6 Å². The highest BCUT2D eigenvalue weighted by Gasteiger charge is 2.43. The number of piperidine rings is 1. The lowest BCUT2D eigenvalue weighted by Gasteiger charge is -2.27. The summed E-state index contributed by atoms with van der Waals surface area (Å²) in [6.45, 7) is 3.38. The molecule has 18 heavy (non-hydrogen) atoms. The first kappa shape index (κ1) is 11.5. The molecule has 0 aromatic heterocycles.